The molecule has 0 heterocycles. The molecular weight excluding hydrogens is 214 g/mol. The molecule has 8 N–H and O–H groups in total. The summed E-state index contributed by atoms with van der Waals surface area (Å²) in [6, 6.07) is 0. The van der Waals surface area contributed by atoms with Gasteiger partial charge >= 0.3 is 48.9 Å². The van der Waals surface area contributed by atoms with Gasteiger partial charge in [-0.1, -0.05) is 0 Å². The summed E-state index contributed by atoms with van der Waals surface area (Å²) in [6.45, 7) is 0. The fourth-order valence-corrected chi connectivity index (χ4v) is 0. The van der Waals surface area contributed by atoms with Crippen molar-refractivity contribution in [1.82, 2.24) is 0 Å². The first-order valence-corrected chi connectivity index (χ1v) is 7.70. The SMILES string of the molecule is Cl.[NH2][Cr]([NH2])([NH2])([NH2])([Cl])[Cl]. The zero-order valence-electron chi connectivity index (χ0n) is 3.88. The van der Waals surface area contributed by atoms with Gasteiger partial charge in [0.2, 0.25) is 0 Å². The first kappa shape index (κ1) is 12.0. The van der Waals surface area contributed by atoms with Gasteiger partial charge < -0.3 is 0 Å². The van der Waals surface area contributed by atoms with E-state index < -0.39 is 9.98 Å². The van der Waals surface area contributed by atoms with Gasteiger partial charge in [0, 0.05) is 0 Å². The van der Waals surface area contributed by atoms with Crippen molar-refractivity contribution in [3.05, 3.63) is 0 Å². The van der Waals surface area contributed by atoms with Crippen LogP contribution in [-0.4, -0.2) is 0 Å². The Morgan fingerprint density at radius 1 is 0.875 bits per heavy atom. The quantitative estimate of drug-likeness (QED) is 0.442. The number of halogens is 3. The van der Waals surface area contributed by atoms with Gasteiger partial charge in [-0.2, -0.15) is 0 Å². The number of hydrogen-bond donors (Lipinski definition) is 4. The van der Waals surface area contributed by atoms with Gasteiger partial charge in [0.15, 0.2) is 0 Å². The van der Waals surface area contributed by atoms with Crippen LogP contribution in [0.15, 0.2) is 0 Å². The molecule has 0 aromatic carbocycles. The standard InChI is InChI=1S/3ClH.Cr.4H2N/h3*1H;;4*1H2/q;;;+6;4*-1/p-2. The summed E-state index contributed by atoms with van der Waals surface area (Å²) in [5, 5.41) is 0. The average molecular weight is 223 g/mol. The minimum atomic E-state index is -5.01. The molecule has 0 rings (SSSR count). The van der Waals surface area contributed by atoms with Crippen LogP contribution in [-0.2, 0) is 9.98 Å². The van der Waals surface area contributed by atoms with Crippen molar-refractivity contribution >= 4 is 32.5 Å². The Morgan fingerprint density at radius 3 is 0.875 bits per heavy atom. The van der Waals surface area contributed by atoms with E-state index in [-0.39, 0.29) is 12.4 Å². The molecule has 0 aliphatic rings. The molecular formula is H9Cl3CrN4. The molecule has 0 aliphatic heterocycles. The van der Waals surface area contributed by atoms with Gasteiger partial charge in [0.1, 0.15) is 0 Å². The van der Waals surface area contributed by atoms with E-state index in [1.165, 1.54) is 0 Å². The van der Waals surface area contributed by atoms with Crippen molar-refractivity contribution in [2.24, 2.45) is 18.9 Å². The zero-order valence-corrected chi connectivity index (χ0v) is 7.49. The molecule has 0 bridgehead atoms. The molecule has 0 fully saturated rings. The molecule has 8 heavy (non-hydrogen) atoms. The predicted molar refractivity (Wildman–Crippen MR) is 35.7 cm³/mol. The van der Waals surface area contributed by atoms with Gasteiger partial charge in [-0.05, 0) is 0 Å². The fraction of sp³-hybridized carbons (Fsp3) is 0. The first-order chi connectivity index (χ1) is 2.45. The topological polar surface area (TPSA) is 104 Å². The summed E-state index contributed by atoms with van der Waals surface area (Å²) in [4.78, 5) is 0. The van der Waals surface area contributed by atoms with Crippen LogP contribution in [0.5, 0.6) is 0 Å². The second-order valence-electron chi connectivity index (χ2n) is 1.59. The van der Waals surface area contributed by atoms with E-state index in [4.69, 9.17) is 39.0 Å². The molecule has 0 saturated heterocycles. The van der Waals surface area contributed by atoms with Crippen molar-refractivity contribution in [3.8, 4) is 0 Å². The second-order valence-corrected chi connectivity index (χ2v) is 14.3. The summed E-state index contributed by atoms with van der Waals surface area (Å²) in [6.07, 6.45) is 0. The van der Waals surface area contributed by atoms with Crippen LogP contribution < -0.4 is 18.9 Å². The van der Waals surface area contributed by atoms with Gasteiger partial charge in [-0.25, -0.2) is 0 Å². The maximum absolute atomic E-state index is 5.08. The first-order valence-electron chi connectivity index (χ1n) is 1.25. The molecule has 0 saturated carbocycles. The number of nitrogens with two attached hydrogens (primary N) is 4. The number of rotatable bonds is 0. The van der Waals surface area contributed by atoms with E-state index in [0.717, 1.165) is 0 Å². The molecule has 8 heteroatoms. The Morgan fingerprint density at radius 2 is 0.875 bits per heavy atom. The summed E-state index contributed by atoms with van der Waals surface area (Å²) < 4.78 is 19.5. The Kier molecular flexibility index (Phi) is 2.45. The van der Waals surface area contributed by atoms with Crippen molar-refractivity contribution < 1.29 is 9.98 Å². The van der Waals surface area contributed by atoms with Crippen molar-refractivity contribution in [2.75, 3.05) is 0 Å². The maximum atomic E-state index is 5.08. The summed E-state index contributed by atoms with van der Waals surface area (Å²) in [5.41, 5.74) is 0. The molecule has 0 radical (unpaired) electrons. The summed E-state index contributed by atoms with van der Waals surface area (Å²) >= 11 is 0. The van der Waals surface area contributed by atoms with E-state index in [1.807, 2.05) is 0 Å². The van der Waals surface area contributed by atoms with Gasteiger partial charge in [0.25, 0.3) is 0 Å². The van der Waals surface area contributed by atoms with Crippen molar-refractivity contribution in [2.45, 2.75) is 0 Å². The Bertz CT molecular complexity index is 69.8. The van der Waals surface area contributed by atoms with Crippen LogP contribution in [0.2, 0.25) is 0 Å². The van der Waals surface area contributed by atoms with Crippen LogP contribution in [0.3, 0.4) is 0 Å². The van der Waals surface area contributed by atoms with Gasteiger partial charge in [-0.3, -0.25) is 0 Å². The summed E-state index contributed by atoms with van der Waals surface area (Å²) in [7, 11) is 5.15. The second kappa shape index (κ2) is 1.64. The van der Waals surface area contributed by atoms with Crippen LogP contribution in [0.25, 0.3) is 0 Å². The van der Waals surface area contributed by atoms with E-state index >= 15 is 0 Å². The molecule has 0 unspecified atom stereocenters. The van der Waals surface area contributed by atoms with Crippen LogP contribution >= 0.6 is 32.5 Å². The zero-order chi connectivity index (χ0) is 6.41. The van der Waals surface area contributed by atoms with Gasteiger partial charge in [0.05, 0.1) is 0 Å². The third kappa shape index (κ3) is 183. The normalized spacial score (nSPS) is 20.2. The molecule has 56 valence electrons. The van der Waals surface area contributed by atoms with E-state index in [9.17, 15) is 0 Å². The molecule has 0 aromatic heterocycles. The number of hydrogen-bond acceptors (Lipinski definition) is 4. The van der Waals surface area contributed by atoms with Gasteiger partial charge in [-0.15, -0.1) is 12.4 Å². The van der Waals surface area contributed by atoms with Crippen LogP contribution in [0, 0.1) is 0 Å². The monoisotopic (exact) mass is 222 g/mol. The Labute approximate surface area is 61.4 Å². The molecule has 0 atom stereocenters. The third-order valence-corrected chi connectivity index (χ3v) is 0. The Balaban J connectivity index is 0. The van der Waals surface area contributed by atoms with E-state index in [2.05, 4.69) is 0 Å². The Hall–Kier alpha value is 1.24. The van der Waals surface area contributed by atoms with Crippen LogP contribution in [0.4, 0.5) is 0 Å². The molecule has 0 aromatic rings. The van der Waals surface area contributed by atoms with Crippen molar-refractivity contribution in [3.63, 3.8) is 0 Å². The summed E-state index contributed by atoms with van der Waals surface area (Å²) in [5.74, 6) is 0. The minimum absolute atomic E-state index is 0. The van der Waals surface area contributed by atoms with E-state index in [0.29, 0.717) is 0 Å². The fourth-order valence-electron chi connectivity index (χ4n) is 0. The van der Waals surface area contributed by atoms with E-state index in [1.54, 1.807) is 0 Å². The molecule has 4 nitrogen and oxygen atoms in total. The molecule has 0 aliphatic carbocycles. The average Bonchev–Trinajstić information content (AvgIpc) is 0.592. The molecule has 0 amide bonds. The molecule has 0 spiro atoms. The third-order valence-electron chi connectivity index (χ3n) is 0. The van der Waals surface area contributed by atoms with Crippen LogP contribution in [0.1, 0.15) is 0 Å². The van der Waals surface area contributed by atoms with Crippen molar-refractivity contribution in [1.29, 1.82) is 0 Å². The predicted octanol–water partition coefficient (Wildman–Crippen LogP) is -0.564.